The van der Waals surface area contributed by atoms with E-state index in [0.717, 1.165) is 48.4 Å². The molecule has 2 heterocycles. The highest BCUT2D eigenvalue weighted by molar-refractivity contribution is 7.98. The molecule has 7 heteroatoms. The van der Waals surface area contributed by atoms with Crippen LogP contribution in [0.3, 0.4) is 0 Å². The maximum absolute atomic E-state index is 5.93. The molecule has 0 saturated carbocycles. The summed E-state index contributed by atoms with van der Waals surface area (Å²) in [7, 11) is 1.67. The standard InChI is InChI=1S/C22H18ClN3OS2/c1-14-21(29-22(24-14)17-5-3-4-6-19(17)27-2)18-11-12-20(26-25-18)28-13-15-7-9-16(23)10-8-15/h3-12H,13H2,1-2H3. The van der Waals surface area contributed by atoms with Crippen LogP contribution in [0.1, 0.15) is 11.3 Å². The number of ether oxygens (including phenoxy) is 1. The zero-order valence-corrected chi connectivity index (χ0v) is 18.3. The van der Waals surface area contributed by atoms with Gasteiger partial charge < -0.3 is 4.74 Å². The van der Waals surface area contributed by atoms with E-state index >= 15 is 0 Å². The number of aromatic nitrogens is 3. The molecule has 0 unspecified atom stereocenters. The number of rotatable bonds is 6. The molecule has 4 rings (SSSR count). The van der Waals surface area contributed by atoms with Crippen LogP contribution in [-0.4, -0.2) is 22.3 Å². The van der Waals surface area contributed by atoms with E-state index in [1.165, 1.54) is 5.56 Å². The molecule has 0 aliphatic heterocycles. The molecule has 4 aromatic rings. The van der Waals surface area contributed by atoms with Crippen molar-refractivity contribution in [1.82, 2.24) is 15.2 Å². The van der Waals surface area contributed by atoms with Crippen molar-refractivity contribution >= 4 is 34.7 Å². The fourth-order valence-corrected chi connectivity index (χ4v) is 4.78. The summed E-state index contributed by atoms with van der Waals surface area (Å²) >= 11 is 9.18. The first-order valence-corrected chi connectivity index (χ1v) is 11.1. The smallest absolute Gasteiger partial charge is 0.129 e. The van der Waals surface area contributed by atoms with E-state index in [9.17, 15) is 0 Å². The third-order valence-corrected chi connectivity index (χ3v) is 6.76. The van der Waals surface area contributed by atoms with Gasteiger partial charge in [-0.3, -0.25) is 0 Å². The number of methoxy groups -OCH3 is 1. The van der Waals surface area contributed by atoms with Crippen LogP contribution < -0.4 is 4.74 Å². The molecule has 2 aromatic heterocycles. The minimum absolute atomic E-state index is 0.746. The van der Waals surface area contributed by atoms with Crippen LogP contribution in [0.5, 0.6) is 5.75 Å². The number of thiazole rings is 1. The summed E-state index contributed by atoms with van der Waals surface area (Å²) in [5.41, 5.74) is 3.95. The molecule has 0 fully saturated rings. The van der Waals surface area contributed by atoms with Crippen molar-refractivity contribution in [2.24, 2.45) is 0 Å². The van der Waals surface area contributed by atoms with Crippen molar-refractivity contribution in [2.45, 2.75) is 17.7 Å². The normalized spacial score (nSPS) is 10.9. The Bertz CT molecular complexity index is 1110. The van der Waals surface area contributed by atoms with Gasteiger partial charge >= 0.3 is 0 Å². The highest BCUT2D eigenvalue weighted by Crippen LogP contribution is 2.38. The topological polar surface area (TPSA) is 47.9 Å². The molecule has 0 N–H and O–H groups in total. The summed E-state index contributed by atoms with van der Waals surface area (Å²) in [6.45, 7) is 2.00. The SMILES string of the molecule is COc1ccccc1-c1nc(C)c(-c2ccc(SCc3ccc(Cl)cc3)nn2)s1. The molecule has 0 aliphatic carbocycles. The van der Waals surface area contributed by atoms with E-state index in [4.69, 9.17) is 21.3 Å². The first kappa shape index (κ1) is 19.9. The van der Waals surface area contributed by atoms with Gasteiger partial charge in [0.05, 0.1) is 23.2 Å². The van der Waals surface area contributed by atoms with Crippen molar-refractivity contribution < 1.29 is 4.74 Å². The molecule has 0 radical (unpaired) electrons. The lowest BCUT2D eigenvalue weighted by Gasteiger charge is -2.04. The van der Waals surface area contributed by atoms with Crippen LogP contribution in [-0.2, 0) is 5.75 Å². The Labute approximate surface area is 183 Å². The molecular formula is C22H18ClN3OS2. The molecule has 0 atom stereocenters. The number of benzene rings is 2. The lowest BCUT2D eigenvalue weighted by molar-refractivity contribution is 0.416. The Kier molecular flexibility index (Phi) is 6.13. The van der Waals surface area contributed by atoms with Crippen LogP contribution in [0.4, 0.5) is 0 Å². The van der Waals surface area contributed by atoms with Crippen molar-refractivity contribution in [3.05, 3.63) is 76.9 Å². The minimum Gasteiger partial charge on any atom is -0.496 e. The first-order valence-electron chi connectivity index (χ1n) is 8.96. The molecule has 0 bridgehead atoms. The monoisotopic (exact) mass is 439 g/mol. The van der Waals surface area contributed by atoms with Gasteiger partial charge in [0, 0.05) is 10.8 Å². The number of halogens is 1. The summed E-state index contributed by atoms with van der Waals surface area (Å²) in [6.07, 6.45) is 0. The maximum atomic E-state index is 5.93. The maximum Gasteiger partial charge on any atom is 0.129 e. The molecule has 0 spiro atoms. The summed E-state index contributed by atoms with van der Waals surface area (Å²) in [5, 5.41) is 11.4. The number of hydrogen-bond acceptors (Lipinski definition) is 6. The van der Waals surface area contributed by atoms with E-state index in [0.29, 0.717) is 0 Å². The first-order chi connectivity index (χ1) is 14.1. The van der Waals surface area contributed by atoms with E-state index in [-0.39, 0.29) is 0 Å². The Balaban J connectivity index is 1.52. The fourth-order valence-electron chi connectivity index (χ4n) is 2.83. The Hall–Kier alpha value is -2.41. The summed E-state index contributed by atoms with van der Waals surface area (Å²) < 4.78 is 5.47. The van der Waals surface area contributed by atoms with Crippen LogP contribution in [0, 0.1) is 6.92 Å². The zero-order valence-electron chi connectivity index (χ0n) is 15.9. The third-order valence-electron chi connectivity index (χ3n) is 4.31. The van der Waals surface area contributed by atoms with Gasteiger partial charge in [0.15, 0.2) is 0 Å². The Morgan fingerprint density at radius 1 is 1.00 bits per heavy atom. The highest BCUT2D eigenvalue weighted by atomic mass is 35.5. The zero-order chi connectivity index (χ0) is 20.2. The molecule has 0 amide bonds. The van der Waals surface area contributed by atoms with E-state index in [1.807, 2.05) is 67.6 Å². The predicted octanol–water partition coefficient (Wildman–Crippen LogP) is 6.53. The second-order valence-electron chi connectivity index (χ2n) is 6.31. The van der Waals surface area contributed by atoms with Crippen molar-refractivity contribution in [3.63, 3.8) is 0 Å². The molecule has 2 aromatic carbocycles. The van der Waals surface area contributed by atoms with Gasteiger partial charge in [-0.15, -0.1) is 21.5 Å². The molecule has 4 nitrogen and oxygen atoms in total. The van der Waals surface area contributed by atoms with Gasteiger partial charge in [-0.2, -0.15) is 0 Å². The Morgan fingerprint density at radius 3 is 2.52 bits per heavy atom. The average molecular weight is 440 g/mol. The van der Waals surface area contributed by atoms with Gasteiger partial charge in [-0.25, -0.2) is 4.98 Å². The molecule has 146 valence electrons. The van der Waals surface area contributed by atoms with E-state index in [2.05, 4.69) is 10.2 Å². The second-order valence-corrected chi connectivity index (χ2v) is 8.74. The lowest BCUT2D eigenvalue weighted by Crippen LogP contribution is -1.90. The summed E-state index contributed by atoms with van der Waals surface area (Å²) in [4.78, 5) is 5.75. The largest absolute Gasteiger partial charge is 0.496 e. The van der Waals surface area contributed by atoms with Crippen LogP contribution in [0.15, 0.2) is 65.7 Å². The van der Waals surface area contributed by atoms with Crippen molar-refractivity contribution in [1.29, 1.82) is 0 Å². The van der Waals surface area contributed by atoms with Crippen LogP contribution >= 0.6 is 34.7 Å². The number of aryl methyl sites for hydroxylation is 1. The van der Waals surface area contributed by atoms with E-state index < -0.39 is 0 Å². The quantitative estimate of drug-likeness (QED) is 0.319. The van der Waals surface area contributed by atoms with Gasteiger partial charge in [0.25, 0.3) is 0 Å². The predicted molar refractivity (Wildman–Crippen MR) is 121 cm³/mol. The lowest BCUT2D eigenvalue weighted by atomic mass is 10.2. The van der Waals surface area contributed by atoms with Gasteiger partial charge in [-0.05, 0) is 48.9 Å². The van der Waals surface area contributed by atoms with Crippen molar-refractivity contribution in [3.8, 4) is 26.9 Å². The number of para-hydroxylation sites is 1. The van der Waals surface area contributed by atoms with Gasteiger partial charge in [-0.1, -0.05) is 47.6 Å². The molecule has 0 aliphatic rings. The Morgan fingerprint density at radius 2 is 1.79 bits per heavy atom. The van der Waals surface area contributed by atoms with E-state index in [1.54, 1.807) is 30.2 Å². The third kappa shape index (κ3) is 4.61. The fraction of sp³-hybridized carbons (Fsp3) is 0.136. The summed E-state index contributed by atoms with van der Waals surface area (Å²) in [6, 6.07) is 19.8. The average Bonchev–Trinajstić information content (AvgIpc) is 3.15. The van der Waals surface area contributed by atoms with Gasteiger partial charge in [0.2, 0.25) is 0 Å². The van der Waals surface area contributed by atoms with Gasteiger partial charge in [0.1, 0.15) is 21.5 Å². The molecular weight excluding hydrogens is 422 g/mol. The van der Waals surface area contributed by atoms with Crippen molar-refractivity contribution in [2.75, 3.05) is 7.11 Å². The second kappa shape index (κ2) is 8.95. The highest BCUT2D eigenvalue weighted by Gasteiger charge is 2.15. The van der Waals surface area contributed by atoms with Crippen LogP contribution in [0.25, 0.3) is 21.1 Å². The molecule has 0 saturated heterocycles. The minimum atomic E-state index is 0.746. The molecule has 29 heavy (non-hydrogen) atoms. The number of thioether (sulfide) groups is 1. The van der Waals surface area contributed by atoms with Crippen LogP contribution in [0.2, 0.25) is 5.02 Å². The number of nitrogens with zero attached hydrogens (tertiary/aromatic N) is 3. The number of hydrogen-bond donors (Lipinski definition) is 0. The summed E-state index contributed by atoms with van der Waals surface area (Å²) in [5.74, 6) is 1.63.